The molecule has 1 heterocycles. The fourth-order valence-corrected chi connectivity index (χ4v) is 3.26. The predicted octanol–water partition coefficient (Wildman–Crippen LogP) is 3.83. The molecule has 2 atom stereocenters. The molecule has 1 aromatic rings. The Morgan fingerprint density at radius 1 is 1.50 bits per heavy atom. The molecule has 1 nitrogen and oxygen atoms in total. The predicted molar refractivity (Wildman–Crippen MR) is 65.3 cm³/mol. The molecule has 2 aliphatic rings. The van der Waals surface area contributed by atoms with Crippen LogP contribution in [0.5, 0.6) is 0 Å². The van der Waals surface area contributed by atoms with Crippen LogP contribution in [0.25, 0.3) is 0 Å². The maximum absolute atomic E-state index is 5.67. The monoisotopic (exact) mass is 214 g/mol. The summed E-state index contributed by atoms with van der Waals surface area (Å²) in [7, 11) is 0. The maximum Gasteiger partial charge on any atom is 0.108 e. The first kappa shape index (κ1) is 9.95. The lowest BCUT2D eigenvalue weighted by atomic mass is 9.62. The first-order valence-corrected chi connectivity index (χ1v) is 6.01. The molecule has 0 saturated heterocycles. The van der Waals surface area contributed by atoms with Crippen LogP contribution in [0.15, 0.2) is 35.0 Å². The third-order valence-corrected chi connectivity index (χ3v) is 4.31. The highest BCUT2D eigenvalue weighted by Gasteiger charge is 2.41. The van der Waals surface area contributed by atoms with Gasteiger partial charge in [-0.15, -0.1) is 0 Å². The van der Waals surface area contributed by atoms with Gasteiger partial charge in [-0.25, -0.2) is 0 Å². The molecule has 1 heteroatoms. The van der Waals surface area contributed by atoms with Crippen LogP contribution in [0, 0.1) is 18.3 Å². The zero-order valence-corrected chi connectivity index (χ0v) is 10.0. The van der Waals surface area contributed by atoms with Gasteiger partial charge in [0.25, 0.3) is 0 Å². The summed E-state index contributed by atoms with van der Waals surface area (Å²) >= 11 is 0. The minimum absolute atomic E-state index is 0.229. The number of allylic oxidation sites excluding steroid dienone is 3. The second-order valence-corrected chi connectivity index (χ2v) is 5.52. The maximum atomic E-state index is 5.67. The van der Waals surface area contributed by atoms with Crippen LogP contribution in [0.3, 0.4) is 0 Å². The molecule has 0 fully saturated rings. The Balaban J connectivity index is 2.09. The molecule has 0 radical (unpaired) electrons. The molecule has 2 aliphatic carbocycles. The fourth-order valence-electron chi connectivity index (χ4n) is 3.26. The van der Waals surface area contributed by atoms with Crippen molar-refractivity contribution < 1.29 is 4.42 Å². The van der Waals surface area contributed by atoms with Crippen LogP contribution in [0.2, 0.25) is 0 Å². The highest BCUT2D eigenvalue weighted by atomic mass is 16.3. The van der Waals surface area contributed by atoms with Crippen LogP contribution >= 0.6 is 0 Å². The molecule has 0 amide bonds. The standard InChI is InChI=1S/C15H18O/c1-10-5-4-6-15(3)8-14-12(7-13(10)15)11(2)9-16-14/h4,6,9,13H,1,5,7-8H2,2-3H3/t13?,15-/m1/s1. The van der Waals surface area contributed by atoms with Crippen molar-refractivity contribution in [3.63, 3.8) is 0 Å². The van der Waals surface area contributed by atoms with Gasteiger partial charge in [0.2, 0.25) is 0 Å². The van der Waals surface area contributed by atoms with E-state index in [0.717, 1.165) is 19.3 Å². The molecule has 1 aromatic heterocycles. The van der Waals surface area contributed by atoms with Crippen molar-refractivity contribution in [1.29, 1.82) is 0 Å². The van der Waals surface area contributed by atoms with Crippen molar-refractivity contribution in [2.75, 3.05) is 0 Å². The minimum atomic E-state index is 0.229. The largest absolute Gasteiger partial charge is 0.469 e. The van der Waals surface area contributed by atoms with Gasteiger partial charge in [0.15, 0.2) is 0 Å². The van der Waals surface area contributed by atoms with E-state index in [1.165, 1.54) is 22.5 Å². The number of hydrogen-bond acceptors (Lipinski definition) is 1. The summed E-state index contributed by atoms with van der Waals surface area (Å²) in [5.41, 5.74) is 4.35. The van der Waals surface area contributed by atoms with Gasteiger partial charge in [-0.05, 0) is 42.2 Å². The zero-order chi connectivity index (χ0) is 11.3. The Bertz CT molecular complexity index is 478. The lowest BCUT2D eigenvalue weighted by Crippen LogP contribution is -2.36. The molecule has 0 spiro atoms. The van der Waals surface area contributed by atoms with E-state index in [1.807, 2.05) is 6.26 Å². The van der Waals surface area contributed by atoms with Crippen molar-refractivity contribution in [3.05, 3.63) is 47.5 Å². The molecule has 3 rings (SSSR count). The van der Waals surface area contributed by atoms with E-state index in [0.29, 0.717) is 5.92 Å². The molecule has 0 bridgehead atoms. The summed E-state index contributed by atoms with van der Waals surface area (Å²) in [6.07, 6.45) is 9.71. The second kappa shape index (κ2) is 3.13. The number of rotatable bonds is 0. The number of furan rings is 1. The van der Waals surface area contributed by atoms with Gasteiger partial charge in [0, 0.05) is 6.42 Å². The Kier molecular flexibility index (Phi) is 1.95. The van der Waals surface area contributed by atoms with Crippen molar-refractivity contribution >= 4 is 0 Å². The molecular weight excluding hydrogens is 196 g/mol. The molecule has 16 heavy (non-hydrogen) atoms. The fraction of sp³-hybridized carbons (Fsp3) is 0.467. The van der Waals surface area contributed by atoms with Gasteiger partial charge >= 0.3 is 0 Å². The average Bonchev–Trinajstić information content (AvgIpc) is 2.57. The summed E-state index contributed by atoms with van der Waals surface area (Å²) in [6.45, 7) is 8.73. The summed E-state index contributed by atoms with van der Waals surface area (Å²) in [5, 5.41) is 0. The molecule has 1 unspecified atom stereocenters. The van der Waals surface area contributed by atoms with E-state index in [4.69, 9.17) is 4.42 Å². The van der Waals surface area contributed by atoms with Crippen molar-refractivity contribution in [3.8, 4) is 0 Å². The third kappa shape index (κ3) is 1.24. The Morgan fingerprint density at radius 2 is 2.31 bits per heavy atom. The normalized spacial score (nSPS) is 32.4. The summed E-state index contributed by atoms with van der Waals surface area (Å²) in [6, 6.07) is 0. The van der Waals surface area contributed by atoms with Crippen LogP contribution in [0.1, 0.15) is 30.2 Å². The Hall–Kier alpha value is -1.24. The molecule has 0 aliphatic heterocycles. The summed E-state index contributed by atoms with van der Waals surface area (Å²) in [4.78, 5) is 0. The van der Waals surface area contributed by atoms with Gasteiger partial charge in [-0.2, -0.15) is 0 Å². The smallest absolute Gasteiger partial charge is 0.108 e. The van der Waals surface area contributed by atoms with E-state index in [2.05, 4.69) is 32.6 Å². The zero-order valence-electron chi connectivity index (χ0n) is 10.0. The first-order valence-electron chi connectivity index (χ1n) is 6.01. The minimum Gasteiger partial charge on any atom is -0.469 e. The first-order chi connectivity index (χ1) is 7.60. The van der Waals surface area contributed by atoms with Crippen LogP contribution in [-0.4, -0.2) is 0 Å². The van der Waals surface area contributed by atoms with E-state index in [-0.39, 0.29) is 5.41 Å². The van der Waals surface area contributed by atoms with Gasteiger partial charge in [-0.1, -0.05) is 31.2 Å². The number of fused-ring (bicyclic) bond motifs is 2. The molecule has 84 valence electrons. The van der Waals surface area contributed by atoms with E-state index in [1.54, 1.807) is 0 Å². The van der Waals surface area contributed by atoms with E-state index in [9.17, 15) is 0 Å². The number of hydrogen-bond donors (Lipinski definition) is 0. The Morgan fingerprint density at radius 3 is 3.12 bits per heavy atom. The van der Waals surface area contributed by atoms with Crippen molar-refractivity contribution in [2.24, 2.45) is 11.3 Å². The SMILES string of the molecule is C=C1CC=C[C@]2(C)Cc3occ(C)c3CC12. The third-order valence-electron chi connectivity index (χ3n) is 4.31. The number of aryl methyl sites for hydroxylation is 1. The topological polar surface area (TPSA) is 13.1 Å². The van der Waals surface area contributed by atoms with Gasteiger partial charge < -0.3 is 4.42 Å². The summed E-state index contributed by atoms with van der Waals surface area (Å²) in [5.74, 6) is 1.79. The highest BCUT2D eigenvalue weighted by molar-refractivity contribution is 5.37. The lowest BCUT2D eigenvalue weighted by Gasteiger charge is -2.42. The van der Waals surface area contributed by atoms with Crippen LogP contribution in [0.4, 0.5) is 0 Å². The average molecular weight is 214 g/mol. The molecule has 0 aromatic carbocycles. The molecular formula is C15H18O. The van der Waals surface area contributed by atoms with Crippen LogP contribution in [-0.2, 0) is 12.8 Å². The quantitative estimate of drug-likeness (QED) is 0.598. The molecule has 0 saturated carbocycles. The van der Waals surface area contributed by atoms with Gasteiger partial charge in [-0.3, -0.25) is 0 Å². The highest BCUT2D eigenvalue weighted by Crippen LogP contribution is 2.48. The van der Waals surface area contributed by atoms with Gasteiger partial charge in [0.05, 0.1) is 6.26 Å². The summed E-state index contributed by atoms with van der Waals surface area (Å²) < 4.78 is 5.67. The van der Waals surface area contributed by atoms with Gasteiger partial charge in [0.1, 0.15) is 5.76 Å². The second-order valence-electron chi connectivity index (χ2n) is 5.52. The van der Waals surface area contributed by atoms with Crippen molar-refractivity contribution in [1.82, 2.24) is 0 Å². The lowest BCUT2D eigenvalue weighted by molar-refractivity contribution is 0.238. The van der Waals surface area contributed by atoms with Crippen LogP contribution < -0.4 is 0 Å². The van der Waals surface area contributed by atoms with E-state index < -0.39 is 0 Å². The van der Waals surface area contributed by atoms with E-state index >= 15 is 0 Å². The molecule has 0 N–H and O–H groups in total. The van der Waals surface area contributed by atoms with Crippen molar-refractivity contribution in [2.45, 2.75) is 33.1 Å². The Labute approximate surface area is 96.8 Å².